The topological polar surface area (TPSA) is 50.4 Å². The van der Waals surface area contributed by atoms with Crippen molar-refractivity contribution in [3.63, 3.8) is 0 Å². The standard InChI is InChI=1S/C24H30N2O2/c27-24(26-14-12-18-7-4-13-25-16-18)23-15-22(23)20-8-10-21(11-9-20)28-17-19-5-2-1-3-6-19/h1-3,5-6,8-11,18,22-23,25H,4,7,12-17H2,(H,26,27). The number of amides is 1. The Morgan fingerprint density at radius 1 is 1.11 bits per heavy atom. The zero-order valence-electron chi connectivity index (χ0n) is 16.4. The Morgan fingerprint density at radius 3 is 2.68 bits per heavy atom. The van der Waals surface area contributed by atoms with Crippen LogP contribution in [-0.4, -0.2) is 25.5 Å². The molecule has 1 saturated heterocycles. The number of ether oxygens (including phenoxy) is 1. The maximum atomic E-state index is 12.4. The van der Waals surface area contributed by atoms with Gasteiger partial charge in [0.25, 0.3) is 0 Å². The molecular weight excluding hydrogens is 348 g/mol. The van der Waals surface area contributed by atoms with Crippen molar-refractivity contribution >= 4 is 5.91 Å². The molecule has 0 aromatic heterocycles. The molecule has 28 heavy (non-hydrogen) atoms. The lowest BCUT2D eigenvalue weighted by molar-refractivity contribution is -0.122. The fourth-order valence-electron chi connectivity index (χ4n) is 4.11. The van der Waals surface area contributed by atoms with Gasteiger partial charge in [0.05, 0.1) is 0 Å². The monoisotopic (exact) mass is 378 g/mol. The van der Waals surface area contributed by atoms with Crippen LogP contribution in [0.2, 0.25) is 0 Å². The second kappa shape index (κ2) is 9.24. The summed E-state index contributed by atoms with van der Waals surface area (Å²) in [7, 11) is 0. The number of nitrogens with one attached hydrogen (secondary N) is 2. The molecule has 1 aliphatic heterocycles. The Kier molecular flexibility index (Phi) is 6.27. The van der Waals surface area contributed by atoms with Gasteiger partial charge in [-0.1, -0.05) is 42.5 Å². The molecule has 1 heterocycles. The summed E-state index contributed by atoms with van der Waals surface area (Å²) in [5.41, 5.74) is 2.40. The number of piperidine rings is 1. The number of hydrogen-bond acceptors (Lipinski definition) is 3. The minimum absolute atomic E-state index is 0.139. The Morgan fingerprint density at radius 2 is 1.93 bits per heavy atom. The average molecular weight is 379 g/mol. The normalized spacial score (nSPS) is 23.8. The molecule has 148 valence electrons. The minimum atomic E-state index is 0.139. The van der Waals surface area contributed by atoms with Crippen LogP contribution in [0.3, 0.4) is 0 Å². The van der Waals surface area contributed by atoms with Gasteiger partial charge in [-0.05, 0) is 73.9 Å². The molecular formula is C24H30N2O2. The van der Waals surface area contributed by atoms with Gasteiger partial charge >= 0.3 is 0 Å². The van der Waals surface area contributed by atoms with Gasteiger partial charge in [-0.25, -0.2) is 0 Å². The second-order valence-electron chi connectivity index (χ2n) is 8.08. The van der Waals surface area contributed by atoms with Crippen molar-refractivity contribution in [2.75, 3.05) is 19.6 Å². The van der Waals surface area contributed by atoms with E-state index < -0.39 is 0 Å². The summed E-state index contributed by atoms with van der Waals surface area (Å²) < 4.78 is 5.85. The van der Waals surface area contributed by atoms with Crippen molar-refractivity contribution in [1.82, 2.24) is 10.6 Å². The van der Waals surface area contributed by atoms with E-state index in [4.69, 9.17) is 4.74 Å². The lowest BCUT2D eigenvalue weighted by atomic mass is 9.96. The molecule has 2 aliphatic rings. The smallest absolute Gasteiger partial charge is 0.223 e. The van der Waals surface area contributed by atoms with E-state index in [1.807, 2.05) is 30.3 Å². The highest BCUT2D eigenvalue weighted by Gasteiger charge is 2.43. The van der Waals surface area contributed by atoms with Gasteiger partial charge in [-0.15, -0.1) is 0 Å². The van der Waals surface area contributed by atoms with Crippen molar-refractivity contribution in [1.29, 1.82) is 0 Å². The fourth-order valence-corrected chi connectivity index (χ4v) is 4.11. The molecule has 2 N–H and O–H groups in total. The minimum Gasteiger partial charge on any atom is -0.489 e. The highest BCUT2D eigenvalue weighted by atomic mass is 16.5. The summed E-state index contributed by atoms with van der Waals surface area (Å²) in [6.45, 7) is 3.62. The van der Waals surface area contributed by atoms with Crippen LogP contribution in [0.4, 0.5) is 0 Å². The van der Waals surface area contributed by atoms with E-state index in [0.29, 0.717) is 18.4 Å². The van der Waals surface area contributed by atoms with Gasteiger partial charge in [-0.2, -0.15) is 0 Å². The van der Waals surface area contributed by atoms with E-state index in [1.165, 1.54) is 18.4 Å². The lowest BCUT2D eigenvalue weighted by Crippen LogP contribution is -2.33. The van der Waals surface area contributed by atoms with Gasteiger partial charge in [0.1, 0.15) is 12.4 Å². The number of benzene rings is 2. The van der Waals surface area contributed by atoms with Crippen LogP contribution in [0.1, 0.15) is 42.7 Å². The van der Waals surface area contributed by atoms with Crippen molar-refractivity contribution in [3.05, 3.63) is 65.7 Å². The predicted octanol–water partition coefficient (Wildman–Crippen LogP) is 3.88. The number of hydrogen-bond donors (Lipinski definition) is 2. The average Bonchev–Trinajstić information content (AvgIpc) is 3.55. The van der Waals surface area contributed by atoms with E-state index in [9.17, 15) is 4.79 Å². The first kappa shape index (κ1) is 19.0. The van der Waals surface area contributed by atoms with Crippen molar-refractivity contribution in [2.45, 2.75) is 38.2 Å². The van der Waals surface area contributed by atoms with Crippen LogP contribution in [0.15, 0.2) is 54.6 Å². The van der Waals surface area contributed by atoms with Crippen LogP contribution in [0.25, 0.3) is 0 Å². The molecule has 2 fully saturated rings. The molecule has 0 radical (unpaired) electrons. The second-order valence-corrected chi connectivity index (χ2v) is 8.08. The van der Waals surface area contributed by atoms with Crippen LogP contribution < -0.4 is 15.4 Å². The van der Waals surface area contributed by atoms with E-state index in [2.05, 4.69) is 34.9 Å². The molecule has 4 heteroatoms. The quantitative estimate of drug-likeness (QED) is 0.733. The van der Waals surface area contributed by atoms with E-state index >= 15 is 0 Å². The van der Waals surface area contributed by atoms with E-state index in [1.54, 1.807) is 0 Å². The molecule has 1 saturated carbocycles. The predicted molar refractivity (Wildman–Crippen MR) is 111 cm³/mol. The Labute approximate surface area is 167 Å². The number of rotatable bonds is 8. The van der Waals surface area contributed by atoms with E-state index in [0.717, 1.165) is 43.8 Å². The first-order valence-electron chi connectivity index (χ1n) is 10.5. The molecule has 0 bridgehead atoms. The van der Waals surface area contributed by atoms with Gasteiger partial charge < -0.3 is 15.4 Å². The number of carbonyl (C=O) groups is 1. The first-order valence-corrected chi connectivity index (χ1v) is 10.5. The summed E-state index contributed by atoms with van der Waals surface area (Å²) in [4.78, 5) is 12.4. The van der Waals surface area contributed by atoms with Gasteiger partial charge in [0.2, 0.25) is 5.91 Å². The summed E-state index contributed by atoms with van der Waals surface area (Å²) in [5.74, 6) is 2.31. The zero-order valence-corrected chi connectivity index (χ0v) is 16.4. The third-order valence-electron chi connectivity index (χ3n) is 5.93. The van der Waals surface area contributed by atoms with Crippen molar-refractivity contribution in [3.8, 4) is 5.75 Å². The maximum absolute atomic E-state index is 12.4. The van der Waals surface area contributed by atoms with Gasteiger partial charge in [-0.3, -0.25) is 4.79 Å². The van der Waals surface area contributed by atoms with Crippen LogP contribution in [0, 0.1) is 11.8 Å². The van der Waals surface area contributed by atoms with Gasteiger partial charge in [0.15, 0.2) is 0 Å². The molecule has 3 unspecified atom stereocenters. The highest BCUT2D eigenvalue weighted by molar-refractivity contribution is 5.82. The van der Waals surface area contributed by atoms with Crippen LogP contribution in [0.5, 0.6) is 5.75 Å². The van der Waals surface area contributed by atoms with Crippen LogP contribution >= 0.6 is 0 Å². The molecule has 1 amide bonds. The first-order chi connectivity index (χ1) is 13.8. The van der Waals surface area contributed by atoms with Crippen LogP contribution in [-0.2, 0) is 11.4 Å². The Hall–Kier alpha value is -2.33. The Bertz CT molecular complexity index is 754. The molecule has 4 nitrogen and oxygen atoms in total. The third-order valence-corrected chi connectivity index (χ3v) is 5.93. The Balaban J connectivity index is 1.19. The highest BCUT2D eigenvalue weighted by Crippen LogP contribution is 2.47. The summed E-state index contributed by atoms with van der Waals surface area (Å²) in [5, 5.41) is 6.59. The third kappa shape index (κ3) is 5.14. The van der Waals surface area contributed by atoms with Crippen molar-refractivity contribution in [2.24, 2.45) is 11.8 Å². The molecule has 2 aromatic rings. The molecule has 4 rings (SSSR count). The summed E-state index contributed by atoms with van der Waals surface area (Å²) in [6.07, 6.45) is 4.59. The molecule has 0 spiro atoms. The zero-order chi connectivity index (χ0) is 19.2. The molecule has 3 atom stereocenters. The van der Waals surface area contributed by atoms with Crippen molar-refractivity contribution < 1.29 is 9.53 Å². The van der Waals surface area contributed by atoms with Gasteiger partial charge in [0, 0.05) is 12.5 Å². The fraction of sp³-hybridized carbons (Fsp3) is 0.458. The number of carbonyl (C=O) groups excluding carboxylic acids is 1. The molecule has 1 aliphatic carbocycles. The largest absolute Gasteiger partial charge is 0.489 e. The summed E-state index contributed by atoms with van der Waals surface area (Å²) in [6, 6.07) is 18.4. The lowest BCUT2D eigenvalue weighted by Gasteiger charge is -2.22. The maximum Gasteiger partial charge on any atom is 0.223 e. The SMILES string of the molecule is O=C(NCCC1CCCNC1)C1CC1c1ccc(OCc2ccccc2)cc1. The van der Waals surface area contributed by atoms with E-state index in [-0.39, 0.29) is 11.8 Å². The summed E-state index contributed by atoms with van der Waals surface area (Å²) >= 11 is 0. The molecule has 2 aromatic carbocycles.